The molecule has 114 valence electrons. The highest BCUT2D eigenvalue weighted by Gasteiger charge is 2.22. The molecule has 0 aromatic heterocycles. The van der Waals surface area contributed by atoms with Crippen LogP contribution in [0.4, 0.5) is 0 Å². The molecule has 0 saturated carbocycles. The molecule has 1 fully saturated rings. The molecule has 1 aliphatic heterocycles. The van der Waals surface area contributed by atoms with E-state index < -0.39 is 6.04 Å². The molecule has 0 radical (unpaired) electrons. The normalized spacial score (nSPS) is 20.2. The van der Waals surface area contributed by atoms with Crippen molar-refractivity contribution in [1.29, 1.82) is 0 Å². The zero-order valence-corrected chi connectivity index (χ0v) is 12.2. The van der Waals surface area contributed by atoms with E-state index >= 15 is 0 Å². The topological polar surface area (TPSA) is 84.2 Å². The molecule has 2 amide bonds. The van der Waals surface area contributed by atoms with Gasteiger partial charge < -0.3 is 16.4 Å². The highest BCUT2D eigenvalue weighted by molar-refractivity contribution is 5.87. The zero-order valence-electron chi connectivity index (χ0n) is 12.2. The monoisotopic (exact) mass is 289 g/mol. The lowest BCUT2D eigenvalue weighted by molar-refractivity contribution is -0.128. The smallest absolute Gasteiger partial charge is 0.242 e. The number of nitrogens with one attached hydrogen (secondary N) is 2. The molecule has 21 heavy (non-hydrogen) atoms. The van der Waals surface area contributed by atoms with Crippen molar-refractivity contribution < 1.29 is 9.59 Å². The summed E-state index contributed by atoms with van der Waals surface area (Å²) >= 11 is 0. The molecule has 0 aliphatic carbocycles. The fraction of sp³-hybridized carbons (Fsp3) is 0.500. The Morgan fingerprint density at radius 1 is 1.33 bits per heavy atom. The lowest BCUT2D eigenvalue weighted by Gasteiger charge is -2.16. The molecule has 4 N–H and O–H groups in total. The largest absolute Gasteiger partial charge is 0.354 e. The number of hydrogen-bond donors (Lipinski definition) is 3. The summed E-state index contributed by atoms with van der Waals surface area (Å²) < 4.78 is 0. The van der Waals surface area contributed by atoms with Crippen LogP contribution in [0, 0.1) is 0 Å². The Kier molecular flexibility index (Phi) is 5.75. The van der Waals surface area contributed by atoms with Crippen LogP contribution in [0.25, 0.3) is 0 Å². The summed E-state index contributed by atoms with van der Waals surface area (Å²) in [5.41, 5.74) is 7.09. The third kappa shape index (κ3) is 4.86. The Hall–Kier alpha value is -1.88. The van der Waals surface area contributed by atoms with Gasteiger partial charge in [-0.15, -0.1) is 0 Å². The van der Waals surface area contributed by atoms with Crippen molar-refractivity contribution in [1.82, 2.24) is 10.6 Å². The second kappa shape index (κ2) is 7.78. The van der Waals surface area contributed by atoms with Gasteiger partial charge >= 0.3 is 0 Å². The lowest BCUT2D eigenvalue weighted by Crippen LogP contribution is -2.45. The number of rotatable bonds is 5. The van der Waals surface area contributed by atoms with Gasteiger partial charge in [0.05, 0.1) is 0 Å². The van der Waals surface area contributed by atoms with Gasteiger partial charge in [-0.25, -0.2) is 0 Å². The summed E-state index contributed by atoms with van der Waals surface area (Å²) in [5.74, 6) is -0.184. The quantitative estimate of drug-likeness (QED) is 0.763. The first-order chi connectivity index (χ1) is 10.2. The molecule has 0 bridgehead atoms. The standard InChI is InChI=1S/C16H23N3O2/c17-13(12-6-2-1-3-7-12)9-10-15(20)19-14-8-4-5-11-18-16(14)21/h1-3,6-7,13-14H,4-5,8-11,17H2,(H,18,21)(H,19,20). The first kappa shape index (κ1) is 15.5. The lowest BCUT2D eigenvalue weighted by atomic mass is 10.0. The van der Waals surface area contributed by atoms with E-state index in [1.54, 1.807) is 0 Å². The molecule has 1 aromatic carbocycles. The first-order valence-corrected chi connectivity index (χ1v) is 7.54. The maximum atomic E-state index is 12.0. The van der Waals surface area contributed by atoms with Crippen LogP contribution in [-0.4, -0.2) is 24.4 Å². The highest BCUT2D eigenvalue weighted by atomic mass is 16.2. The van der Waals surface area contributed by atoms with E-state index in [1.807, 2.05) is 30.3 Å². The molecular weight excluding hydrogens is 266 g/mol. The summed E-state index contributed by atoms with van der Waals surface area (Å²) in [5, 5.41) is 5.62. The Morgan fingerprint density at radius 2 is 2.10 bits per heavy atom. The van der Waals surface area contributed by atoms with Gasteiger partial charge in [-0.05, 0) is 31.2 Å². The molecule has 2 unspecified atom stereocenters. The average molecular weight is 289 g/mol. The number of amides is 2. The Labute approximate surface area is 125 Å². The van der Waals surface area contributed by atoms with E-state index in [9.17, 15) is 9.59 Å². The zero-order chi connectivity index (χ0) is 15.1. The van der Waals surface area contributed by atoms with E-state index in [4.69, 9.17) is 5.73 Å². The van der Waals surface area contributed by atoms with Gasteiger partial charge in [0.1, 0.15) is 6.04 Å². The minimum Gasteiger partial charge on any atom is -0.354 e. The molecule has 1 aromatic rings. The predicted octanol–water partition coefficient (Wildman–Crippen LogP) is 1.25. The fourth-order valence-corrected chi connectivity index (χ4v) is 2.50. The van der Waals surface area contributed by atoms with E-state index in [1.165, 1.54) is 0 Å². The number of nitrogens with two attached hydrogens (primary N) is 1. The summed E-state index contributed by atoms with van der Waals surface area (Å²) in [6.45, 7) is 0.698. The summed E-state index contributed by atoms with van der Waals surface area (Å²) in [7, 11) is 0. The van der Waals surface area contributed by atoms with E-state index in [2.05, 4.69) is 10.6 Å². The molecule has 1 saturated heterocycles. The third-order valence-electron chi connectivity index (χ3n) is 3.78. The van der Waals surface area contributed by atoms with Crippen LogP contribution >= 0.6 is 0 Å². The minimum absolute atomic E-state index is 0.0757. The molecular formula is C16H23N3O2. The number of carbonyl (C=O) groups excluding carboxylic acids is 2. The summed E-state index contributed by atoms with van der Waals surface area (Å²) in [4.78, 5) is 23.7. The van der Waals surface area contributed by atoms with Gasteiger partial charge in [0.15, 0.2) is 0 Å². The second-order valence-electron chi connectivity index (χ2n) is 5.46. The minimum atomic E-state index is -0.395. The maximum Gasteiger partial charge on any atom is 0.242 e. The number of hydrogen-bond acceptors (Lipinski definition) is 3. The van der Waals surface area contributed by atoms with Gasteiger partial charge in [-0.2, -0.15) is 0 Å². The van der Waals surface area contributed by atoms with E-state index in [-0.39, 0.29) is 17.9 Å². The molecule has 2 rings (SSSR count). The molecule has 1 aliphatic rings. The van der Waals surface area contributed by atoms with Crippen molar-refractivity contribution in [2.24, 2.45) is 5.73 Å². The molecule has 1 heterocycles. The second-order valence-corrected chi connectivity index (χ2v) is 5.46. The van der Waals surface area contributed by atoms with Crippen molar-refractivity contribution in [3.8, 4) is 0 Å². The van der Waals surface area contributed by atoms with Gasteiger partial charge in [0, 0.05) is 19.0 Å². The van der Waals surface area contributed by atoms with Crippen LogP contribution < -0.4 is 16.4 Å². The van der Waals surface area contributed by atoms with Gasteiger partial charge in [0.25, 0.3) is 0 Å². The SMILES string of the molecule is NC(CCC(=O)NC1CCCCNC1=O)c1ccccc1. The fourth-order valence-electron chi connectivity index (χ4n) is 2.50. The number of carbonyl (C=O) groups is 2. The highest BCUT2D eigenvalue weighted by Crippen LogP contribution is 2.15. The van der Waals surface area contributed by atoms with Crippen molar-refractivity contribution >= 4 is 11.8 Å². The van der Waals surface area contributed by atoms with E-state index in [0.717, 1.165) is 18.4 Å². The van der Waals surface area contributed by atoms with E-state index in [0.29, 0.717) is 25.8 Å². The number of benzene rings is 1. The first-order valence-electron chi connectivity index (χ1n) is 7.54. The van der Waals surface area contributed by atoms with Crippen LogP contribution in [0.1, 0.15) is 43.7 Å². The van der Waals surface area contributed by atoms with Gasteiger partial charge in [-0.1, -0.05) is 30.3 Å². The van der Waals surface area contributed by atoms with Crippen molar-refractivity contribution in [2.45, 2.75) is 44.2 Å². The molecule has 5 heteroatoms. The van der Waals surface area contributed by atoms with Gasteiger partial charge in [-0.3, -0.25) is 9.59 Å². The van der Waals surface area contributed by atoms with Crippen molar-refractivity contribution in [2.75, 3.05) is 6.54 Å². The van der Waals surface area contributed by atoms with Crippen LogP contribution in [0.3, 0.4) is 0 Å². The molecule has 5 nitrogen and oxygen atoms in total. The molecule has 0 spiro atoms. The predicted molar refractivity (Wildman–Crippen MR) is 81.4 cm³/mol. The van der Waals surface area contributed by atoms with Crippen molar-refractivity contribution in [3.63, 3.8) is 0 Å². The van der Waals surface area contributed by atoms with Crippen LogP contribution in [0.2, 0.25) is 0 Å². The Balaban J connectivity index is 1.78. The van der Waals surface area contributed by atoms with Crippen LogP contribution in [0.5, 0.6) is 0 Å². The third-order valence-corrected chi connectivity index (χ3v) is 3.78. The van der Waals surface area contributed by atoms with Gasteiger partial charge in [0.2, 0.25) is 11.8 Å². The Morgan fingerprint density at radius 3 is 2.86 bits per heavy atom. The average Bonchev–Trinajstić information content (AvgIpc) is 2.71. The molecule has 2 atom stereocenters. The maximum absolute atomic E-state index is 12.0. The van der Waals surface area contributed by atoms with Crippen LogP contribution in [0.15, 0.2) is 30.3 Å². The summed E-state index contributed by atoms with van der Waals surface area (Å²) in [6, 6.07) is 9.18. The Bertz CT molecular complexity index is 476. The van der Waals surface area contributed by atoms with Crippen LogP contribution in [-0.2, 0) is 9.59 Å². The summed E-state index contributed by atoms with van der Waals surface area (Å²) in [6.07, 6.45) is 3.54. The van der Waals surface area contributed by atoms with Crippen molar-refractivity contribution in [3.05, 3.63) is 35.9 Å².